The van der Waals surface area contributed by atoms with E-state index in [0.717, 1.165) is 34.4 Å². The fraction of sp³-hybridized carbons (Fsp3) is 0.200. The van der Waals surface area contributed by atoms with Crippen molar-refractivity contribution in [3.8, 4) is 11.5 Å². The summed E-state index contributed by atoms with van der Waals surface area (Å²) < 4.78 is 15.1. The van der Waals surface area contributed by atoms with E-state index in [0.29, 0.717) is 12.0 Å². The Hall–Kier alpha value is -3.40. The molecule has 9 heteroatoms. The summed E-state index contributed by atoms with van der Waals surface area (Å²) in [5, 5.41) is 21.3. The van der Waals surface area contributed by atoms with Gasteiger partial charge in [0.25, 0.3) is 0 Å². The Labute approximate surface area is 204 Å². The molecule has 0 saturated heterocycles. The van der Waals surface area contributed by atoms with Gasteiger partial charge in [-0.05, 0) is 30.1 Å². The Kier molecular flexibility index (Phi) is 9.45. The van der Waals surface area contributed by atoms with Crippen LogP contribution in [-0.4, -0.2) is 40.7 Å². The number of nitrogens with one attached hydrogen (secondary N) is 1. The Morgan fingerprint density at radius 1 is 0.941 bits per heavy atom. The van der Waals surface area contributed by atoms with Crippen molar-refractivity contribution >= 4 is 29.2 Å². The first-order valence-corrected chi connectivity index (χ1v) is 11.5. The highest BCUT2D eigenvalue weighted by atomic mass is 32.1. The number of benzene rings is 3. The van der Waals surface area contributed by atoms with E-state index in [9.17, 15) is 0 Å². The van der Waals surface area contributed by atoms with Crippen LogP contribution in [-0.2, 0) is 13.0 Å². The van der Waals surface area contributed by atoms with Gasteiger partial charge in [-0.3, -0.25) is 0 Å². The third kappa shape index (κ3) is 7.59. The molecule has 4 rings (SSSR count). The zero-order valence-corrected chi connectivity index (χ0v) is 20.2. The summed E-state index contributed by atoms with van der Waals surface area (Å²) in [6.07, 6.45) is 0.740. The van der Waals surface area contributed by atoms with Gasteiger partial charge in [-0.25, -0.2) is 4.98 Å². The number of anilines is 1. The second-order valence-corrected chi connectivity index (χ2v) is 8.25. The lowest BCUT2D eigenvalue weighted by Crippen LogP contribution is -2.29. The standard InChI is InChI=1S/C19H21N3O2S.C6H7BO2/c1-13-4-6-14(7-5-13)10-18-21-19(25-22-18)20-12-15-8-9-16(23-2)11-17(15)24-3;8-7(9)6-4-2-1-3-5-6/h4-9,11H,10,12H2,1-3H3,(H,20,21,22);1-5,8-9H. The highest BCUT2D eigenvalue weighted by Gasteiger charge is 2.09. The van der Waals surface area contributed by atoms with Gasteiger partial charge in [0, 0.05) is 36.1 Å². The minimum absolute atomic E-state index is 0.525. The zero-order valence-electron chi connectivity index (χ0n) is 19.4. The first-order chi connectivity index (χ1) is 16.5. The third-order valence-corrected chi connectivity index (χ3v) is 5.68. The van der Waals surface area contributed by atoms with Crippen molar-refractivity contribution < 1.29 is 19.5 Å². The molecular formula is C25H28BN3O4S. The Morgan fingerprint density at radius 3 is 2.29 bits per heavy atom. The van der Waals surface area contributed by atoms with Crippen LogP contribution in [0.2, 0.25) is 0 Å². The number of aryl methyl sites for hydroxylation is 1. The predicted molar refractivity (Wildman–Crippen MR) is 137 cm³/mol. The summed E-state index contributed by atoms with van der Waals surface area (Å²) in [7, 11) is 1.96. The van der Waals surface area contributed by atoms with Gasteiger partial charge in [-0.2, -0.15) is 4.37 Å². The molecule has 0 amide bonds. The highest BCUT2D eigenvalue weighted by molar-refractivity contribution is 7.09. The lowest BCUT2D eigenvalue weighted by molar-refractivity contribution is 0.391. The SMILES string of the molecule is COc1ccc(CNc2nc(Cc3ccc(C)cc3)ns2)c(OC)c1.OB(O)c1ccccc1. The van der Waals surface area contributed by atoms with Gasteiger partial charge in [0.05, 0.1) is 14.2 Å². The molecule has 176 valence electrons. The number of hydrogen-bond acceptors (Lipinski definition) is 8. The van der Waals surface area contributed by atoms with Crippen LogP contribution in [0.5, 0.6) is 11.5 Å². The Morgan fingerprint density at radius 2 is 1.68 bits per heavy atom. The maximum Gasteiger partial charge on any atom is 0.488 e. The normalized spacial score (nSPS) is 10.1. The molecule has 0 atom stereocenters. The lowest BCUT2D eigenvalue weighted by atomic mass is 9.81. The van der Waals surface area contributed by atoms with E-state index in [4.69, 9.17) is 19.5 Å². The number of nitrogens with zero attached hydrogens (tertiary/aromatic N) is 2. The molecule has 34 heavy (non-hydrogen) atoms. The van der Waals surface area contributed by atoms with Crippen LogP contribution in [0.3, 0.4) is 0 Å². The average Bonchev–Trinajstić information content (AvgIpc) is 3.32. The van der Waals surface area contributed by atoms with E-state index in [1.165, 1.54) is 22.7 Å². The quantitative estimate of drug-likeness (QED) is 0.335. The van der Waals surface area contributed by atoms with Gasteiger partial charge in [0.1, 0.15) is 17.3 Å². The van der Waals surface area contributed by atoms with Crippen molar-refractivity contribution in [1.82, 2.24) is 9.36 Å². The van der Waals surface area contributed by atoms with E-state index >= 15 is 0 Å². The molecule has 3 aromatic carbocycles. The van der Waals surface area contributed by atoms with E-state index in [2.05, 4.69) is 45.9 Å². The lowest BCUT2D eigenvalue weighted by Gasteiger charge is -2.10. The first-order valence-electron chi connectivity index (χ1n) is 10.7. The van der Waals surface area contributed by atoms with E-state index in [-0.39, 0.29) is 0 Å². The summed E-state index contributed by atoms with van der Waals surface area (Å²) in [5.74, 6) is 2.39. The van der Waals surface area contributed by atoms with E-state index in [1.54, 1.807) is 38.5 Å². The molecular weight excluding hydrogens is 449 g/mol. The molecule has 0 radical (unpaired) electrons. The Bertz CT molecular complexity index is 1150. The zero-order chi connectivity index (χ0) is 24.3. The molecule has 0 fully saturated rings. The predicted octanol–water partition coefficient (Wildman–Crippen LogP) is 3.43. The van der Waals surface area contributed by atoms with Crippen LogP contribution in [0.4, 0.5) is 5.13 Å². The largest absolute Gasteiger partial charge is 0.497 e. The molecule has 0 spiro atoms. The van der Waals surface area contributed by atoms with Gasteiger partial charge in [-0.1, -0.05) is 60.2 Å². The van der Waals surface area contributed by atoms with Crippen molar-refractivity contribution in [1.29, 1.82) is 0 Å². The number of rotatable bonds is 8. The molecule has 7 nitrogen and oxygen atoms in total. The fourth-order valence-corrected chi connectivity index (χ4v) is 3.66. The third-order valence-electron chi connectivity index (χ3n) is 4.97. The number of hydrogen-bond donors (Lipinski definition) is 3. The monoisotopic (exact) mass is 477 g/mol. The van der Waals surface area contributed by atoms with Crippen molar-refractivity contribution in [3.63, 3.8) is 0 Å². The fourth-order valence-electron chi connectivity index (χ4n) is 3.08. The van der Waals surface area contributed by atoms with Crippen LogP contribution in [0.15, 0.2) is 72.8 Å². The molecule has 1 aromatic heterocycles. The maximum atomic E-state index is 8.58. The average molecular weight is 477 g/mol. The van der Waals surface area contributed by atoms with Gasteiger partial charge in [-0.15, -0.1) is 0 Å². The molecule has 0 unspecified atom stereocenters. The van der Waals surface area contributed by atoms with E-state index < -0.39 is 7.12 Å². The van der Waals surface area contributed by atoms with Gasteiger partial charge < -0.3 is 24.8 Å². The van der Waals surface area contributed by atoms with Crippen LogP contribution < -0.4 is 20.3 Å². The summed E-state index contributed by atoms with van der Waals surface area (Å²) in [5.41, 5.74) is 4.04. The summed E-state index contributed by atoms with van der Waals surface area (Å²) in [6.45, 7) is 2.70. The van der Waals surface area contributed by atoms with Gasteiger partial charge in [0.15, 0.2) is 0 Å². The first kappa shape index (κ1) is 25.2. The molecule has 3 N–H and O–H groups in total. The number of ether oxygens (including phenoxy) is 2. The molecule has 0 aliphatic rings. The van der Waals surface area contributed by atoms with Crippen LogP contribution >= 0.6 is 11.5 Å². The number of aromatic nitrogens is 2. The van der Waals surface area contributed by atoms with Crippen LogP contribution in [0, 0.1) is 6.92 Å². The minimum atomic E-state index is -1.34. The van der Waals surface area contributed by atoms with E-state index in [1.807, 2.05) is 24.3 Å². The summed E-state index contributed by atoms with van der Waals surface area (Å²) in [4.78, 5) is 4.56. The van der Waals surface area contributed by atoms with Gasteiger partial charge in [0.2, 0.25) is 5.13 Å². The van der Waals surface area contributed by atoms with Crippen molar-refractivity contribution in [2.75, 3.05) is 19.5 Å². The molecule has 1 heterocycles. The molecule has 0 aliphatic carbocycles. The van der Waals surface area contributed by atoms with Gasteiger partial charge >= 0.3 is 7.12 Å². The highest BCUT2D eigenvalue weighted by Crippen LogP contribution is 2.25. The maximum absolute atomic E-state index is 8.58. The second kappa shape index (κ2) is 12.7. The van der Waals surface area contributed by atoms with Crippen molar-refractivity contribution in [2.24, 2.45) is 0 Å². The molecule has 4 aromatic rings. The van der Waals surface area contributed by atoms with Crippen LogP contribution in [0.25, 0.3) is 0 Å². The van der Waals surface area contributed by atoms with Crippen molar-refractivity contribution in [2.45, 2.75) is 19.9 Å². The molecule has 0 bridgehead atoms. The summed E-state index contributed by atoms with van der Waals surface area (Å²) >= 11 is 1.37. The van der Waals surface area contributed by atoms with Crippen LogP contribution in [0.1, 0.15) is 22.5 Å². The molecule has 0 saturated carbocycles. The van der Waals surface area contributed by atoms with Crippen molar-refractivity contribution in [3.05, 3.63) is 95.3 Å². The number of methoxy groups -OCH3 is 2. The minimum Gasteiger partial charge on any atom is -0.497 e. The Balaban J connectivity index is 0.000000302. The second-order valence-electron chi connectivity index (χ2n) is 7.49. The molecule has 0 aliphatic heterocycles. The summed E-state index contributed by atoms with van der Waals surface area (Å²) in [6, 6.07) is 22.9. The topological polar surface area (TPSA) is 96.7 Å². The smallest absolute Gasteiger partial charge is 0.488 e.